The van der Waals surface area contributed by atoms with Crippen LogP contribution < -0.4 is 14.5 Å². The number of rotatable bonds is 1. The van der Waals surface area contributed by atoms with Crippen LogP contribution in [0.4, 0.5) is 24.5 Å². The topological polar surface area (TPSA) is 32.8 Å². The minimum Gasteiger partial charge on any atom is -0.491 e. The maximum atomic E-state index is 14.2. The first-order valence-electron chi connectivity index (χ1n) is 7.73. The van der Waals surface area contributed by atoms with Crippen LogP contribution in [0.25, 0.3) is 0 Å². The van der Waals surface area contributed by atoms with E-state index >= 15 is 0 Å². The number of carbonyl (C=O) groups is 1. The first-order valence-corrected chi connectivity index (χ1v) is 7.73. The van der Waals surface area contributed by atoms with E-state index in [1.165, 1.54) is 21.9 Å². The Balaban J connectivity index is 0.000000924. The van der Waals surface area contributed by atoms with E-state index in [1.54, 1.807) is 7.05 Å². The van der Waals surface area contributed by atoms with E-state index < -0.39 is 18.3 Å². The van der Waals surface area contributed by atoms with Crippen LogP contribution >= 0.6 is 0 Å². The number of hydrogen-bond donors (Lipinski definition) is 0. The molecule has 0 aliphatic carbocycles. The van der Waals surface area contributed by atoms with Crippen molar-refractivity contribution in [1.29, 1.82) is 0 Å². The van der Waals surface area contributed by atoms with Gasteiger partial charge in [0.15, 0.2) is 0 Å². The van der Waals surface area contributed by atoms with Gasteiger partial charge in [-0.05, 0) is 0 Å². The van der Waals surface area contributed by atoms with Crippen molar-refractivity contribution in [2.45, 2.75) is 32.6 Å². The van der Waals surface area contributed by atoms with Crippen molar-refractivity contribution in [1.82, 2.24) is 0 Å². The van der Waals surface area contributed by atoms with Gasteiger partial charge < -0.3 is 14.5 Å². The van der Waals surface area contributed by atoms with Gasteiger partial charge in [0, 0.05) is 32.1 Å². The summed E-state index contributed by atoms with van der Waals surface area (Å²) < 4.78 is 46.2. The zero-order valence-electron chi connectivity index (χ0n) is 13.5. The fraction of sp³-hybridized carbons (Fsp3) is 0.562. The number of benzene rings is 1. The van der Waals surface area contributed by atoms with Gasteiger partial charge in [-0.2, -0.15) is 0 Å². The van der Waals surface area contributed by atoms with Crippen molar-refractivity contribution in [3.63, 3.8) is 0 Å². The summed E-state index contributed by atoms with van der Waals surface area (Å²) >= 11 is 0. The van der Waals surface area contributed by atoms with Crippen LogP contribution in [0, 0.1) is 5.82 Å². The van der Waals surface area contributed by atoms with Crippen molar-refractivity contribution in [2.75, 3.05) is 36.5 Å². The minimum absolute atomic E-state index is 0.0914. The van der Waals surface area contributed by atoms with E-state index in [0.717, 1.165) is 0 Å². The SMILES string of the molecule is CC.CN1C(=O)CCOc2cc(N3CCC(F)(F)C3)c(F)cc21. The van der Waals surface area contributed by atoms with E-state index in [2.05, 4.69) is 0 Å². The average molecular weight is 330 g/mol. The summed E-state index contributed by atoms with van der Waals surface area (Å²) in [6.07, 6.45) is -0.0906. The number of carbonyl (C=O) groups excluding carboxylic acids is 1. The smallest absolute Gasteiger partial charge is 0.266 e. The van der Waals surface area contributed by atoms with Crippen molar-refractivity contribution in [3.05, 3.63) is 17.9 Å². The Morgan fingerprint density at radius 1 is 1.22 bits per heavy atom. The van der Waals surface area contributed by atoms with Crippen LogP contribution in [0.5, 0.6) is 5.75 Å². The molecule has 0 spiro atoms. The highest BCUT2D eigenvalue weighted by atomic mass is 19.3. The van der Waals surface area contributed by atoms with Crippen molar-refractivity contribution >= 4 is 17.3 Å². The number of amides is 1. The summed E-state index contributed by atoms with van der Waals surface area (Å²) in [5, 5.41) is 0. The molecule has 0 radical (unpaired) electrons. The fourth-order valence-corrected chi connectivity index (χ4v) is 2.64. The lowest BCUT2D eigenvalue weighted by Gasteiger charge is -2.22. The molecule has 3 rings (SSSR count). The molecule has 4 nitrogen and oxygen atoms in total. The summed E-state index contributed by atoms with van der Waals surface area (Å²) in [4.78, 5) is 14.4. The molecule has 23 heavy (non-hydrogen) atoms. The largest absolute Gasteiger partial charge is 0.491 e. The Morgan fingerprint density at radius 2 is 1.91 bits per heavy atom. The molecule has 2 heterocycles. The molecule has 0 saturated carbocycles. The summed E-state index contributed by atoms with van der Waals surface area (Å²) in [5.41, 5.74) is 0.415. The van der Waals surface area contributed by atoms with Crippen LogP contribution in [0.1, 0.15) is 26.7 Å². The van der Waals surface area contributed by atoms with E-state index in [-0.39, 0.29) is 37.6 Å². The van der Waals surface area contributed by atoms with Gasteiger partial charge >= 0.3 is 0 Å². The molecule has 1 fully saturated rings. The highest BCUT2D eigenvalue weighted by Gasteiger charge is 2.39. The first-order chi connectivity index (χ1) is 10.9. The predicted molar refractivity (Wildman–Crippen MR) is 83.0 cm³/mol. The van der Waals surface area contributed by atoms with E-state index in [9.17, 15) is 18.0 Å². The summed E-state index contributed by atoms with van der Waals surface area (Å²) in [6, 6.07) is 2.57. The molecule has 1 aromatic carbocycles. The second-order valence-electron chi connectivity index (χ2n) is 5.35. The number of halogens is 3. The van der Waals surface area contributed by atoms with Crippen LogP contribution in [-0.4, -0.2) is 38.6 Å². The predicted octanol–water partition coefficient (Wildman–Crippen LogP) is 3.44. The molecule has 0 N–H and O–H groups in total. The molecule has 0 atom stereocenters. The molecule has 7 heteroatoms. The third-order valence-corrected chi connectivity index (χ3v) is 3.85. The third-order valence-electron chi connectivity index (χ3n) is 3.85. The minimum atomic E-state index is -2.80. The summed E-state index contributed by atoms with van der Waals surface area (Å²) in [7, 11) is 1.54. The zero-order valence-corrected chi connectivity index (χ0v) is 13.5. The average Bonchev–Trinajstić information content (AvgIpc) is 2.82. The Morgan fingerprint density at radius 3 is 2.52 bits per heavy atom. The van der Waals surface area contributed by atoms with Crippen LogP contribution in [0.3, 0.4) is 0 Å². The molecule has 2 aliphatic rings. The van der Waals surface area contributed by atoms with Crippen molar-refractivity contribution < 1.29 is 22.7 Å². The highest BCUT2D eigenvalue weighted by Crippen LogP contribution is 2.39. The van der Waals surface area contributed by atoms with Crippen molar-refractivity contribution in [2.24, 2.45) is 0 Å². The Labute approximate surface area is 133 Å². The lowest BCUT2D eigenvalue weighted by atomic mass is 10.2. The number of ether oxygens (including phenoxy) is 1. The Kier molecular flexibility index (Phi) is 5.06. The summed E-state index contributed by atoms with van der Waals surface area (Å²) in [6.45, 7) is 3.78. The maximum Gasteiger partial charge on any atom is 0.266 e. The van der Waals surface area contributed by atoms with Gasteiger partial charge in [0.05, 0.1) is 30.9 Å². The van der Waals surface area contributed by atoms with Crippen LogP contribution in [0.15, 0.2) is 12.1 Å². The van der Waals surface area contributed by atoms with E-state index in [0.29, 0.717) is 11.4 Å². The van der Waals surface area contributed by atoms with Crippen molar-refractivity contribution in [3.8, 4) is 5.75 Å². The van der Waals surface area contributed by atoms with Gasteiger partial charge in [-0.1, -0.05) is 13.8 Å². The quantitative estimate of drug-likeness (QED) is 0.791. The van der Waals surface area contributed by atoms with Gasteiger partial charge in [-0.25, -0.2) is 13.2 Å². The molecule has 1 aromatic rings. The molecular formula is C16H21F3N2O2. The zero-order chi connectivity index (χ0) is 17.2. The van der Waals surface area contributed by atoms with Gasteiger partial charge in [0.2, 0.25) is 5.91 Å². The highest BCUT2D eigenvalue weighted by molar-refractivity contribution is 5.95. The number of alkyl halides is 2. The molecule has 0 bridgehead atoms. The number of anilines is 2. The van der Waals surface area contributed by atoms with Gasteiger partial charge in [-0.15, -0.1) is 0 Å². The number of nitrogens with zero attached hydrogens (tertiary/aromatic N) is 2. The van der Waals surface area contributed by atoms with Gasteiger partial charge in [0.25, 0.3) is 5.92 Å². The molecule has 0 aromatic heterocycles. The summed E-state index contributed by atoms with van der Waals surface area (Å²) in [5.74, 6) is -3.26. The number of fused-ring (bicyclic) bond motifs is 1. The van der Waals surface area contributed by atoms with Gasteiger partial charge in [0.1, 0.15) is 11.6 Å². The standard InChI is InChI=1S/C14H15F3N2O2.C2H6/c1-18-11-6-9(15)10(19-4-3-14(16,17)8-19)7-12(11)21-5-2-13(18)20;1-2/h6-7H,2-5,8H2,1H3;1-2H3. The van der Waals surface area contributed by atoms with Gasteiger partial charge in [-0.3, -0.25) is 4.79 Å². The lowest BCUT2D eigenvalue weighted by molar-refractivity contribution is -0.118. The lowest BCUT2D eigenvalue weighted by Crippen LogP contribution is -2.27. The first kappa shape index (κ1) is 17.4. The Bertz CT molecular complexity index is 593. The second kappa shape index (κ2) is 6.68. The molecule has 0 unspecified atom stereocenters. The molecule has 2 aliphatic heterocycles. The molecular weight excluding hydrogens is 309 g/mol. The molecule has 128 valence electrons. The molecule has 1 saturated heterocycles. The van der Waals surface area contributed by atoms with Crippen LogP contribution in [0.2, 0.25) is 0 Å². The normalized spacial score (nSPS) is 19.5. The maximum absolute atomic E-state index is 14.2. The number of hydrogen-bond acceptors (Lipinski definition) is 3. The van der Waals surface area contributed by atoms with E-state index in [4.69, 9.17) is 4.74 Å². The molecule has 1 amide bonds. The monoisotopic (exact) mass is 330 g/mol. The Hall–Kier alpha value is -1.92. The second-order valence-corrected chi connectivity index (χ2v) is 5.35. The third kappa shape index (κ3) is 3.54. The fourth-order valence-electron chi connectivity index (χ4n) is 2.64. The van der Waals surface area contributed by atoms with E-state index in [1.807, 2.05) is 13.8 Å². The van der Waals surface area contributed by atoms with Crippen LogP contribution in [-0.2, 0) is 4.79 Å².